The summed E-state index contributed by atoms with van der Waals surface area (Å²) in [6, 6.07) is 0. The summed E-state index contributed by atoms with van der Waals surface area (Å²) in [5, 5.41) is 6.77. The van der Waals surface area contributed by atoms with Gasteiger partial charge in [0.1, 0.15) is 0 Å². The Morgan fingerprint density at radius 1 is 1.33 bits per heavy atom. The lowest BCUT2D eigenvalue weighted by Gasteiger charge is -2.34. The second-order valence-corrected chi connectivity index (χ2v) is 5.41. The van der Waals surface area contributed by atoms with E-state index in [1.807, 2.05) is 12.4 Å². The van der Waals surface area contributed by atoms with Gasteiger partial charge in [-0.2, -0.15) is 0 Å². The highest BCUT2D eigenvalue weighted by Crippen LogP contribution is 2.21. The quantitative estimate of drug-likeness (QED) is 0.814. The maximum Gasteiger partial charge on any atom is 0.223 e. The molecule has 15 heavy (non-hydrogen) atoms. The van der Waals surface area contributed by atoms with Gasteiger partial charge in [0.25, 0.3) is 0 Å². The van der Waals surface area contributed by atoms with Gasteiger partial charge in [0.15, 0.2) is 0 Å². The number of hydrogen-bond acceptors (Lipinski definition) is 4. The molecule has 1 aliphatic heterocycles. The third-order valence-corrected chi connectivity index (χ3v) is 3.30. The average molecular weight is 318 g/mol. The van der Waals surface area contributed by atoms with E-state index >= 15 is 0 Å². The van der Waals surface area contributed by atoms with E-state index in [-0.39, 0.29) is 5.54 Å². The minimum Gasteiger partial charge on any atom is -0.349 e. The Kier molecular flexibility index (Phi) is 3.40. The molecule has 0 spiro atoms. The molecule has 82 valence electrons. The Hall–Kier alpha value is -0.430. The van der Waals surface area contributed by atoms with Crippen molar-refractivity contribution < 1.29 is 0 Å². The van der Waals surface area contributed by atoms with Crippen LogP contribution >= 0.6 is 22.6 Å². The molecule has 0 aliphatic carbocycles. The van der Waals surface area contributed by atoms with Crippen molar-refractivity contribution in [3.63, 3.8) is 0 Å². The molecule has 1 saturated heterocycles. The highest BCUT2D eigenvalue weighted by Gasteiger charge is 2.26. The fourth-order valence-electron chi connectivity index (χ4n) is 1.75. The molecule has 1 fully saturated rings. The van der Waals surface area contributed by atoms with E-state index in [4.69, 9.17) is 0 Å². The van der Waals surface area contributed by atoms with Crippen molar-refractivity contribution in [2.45, 2.75) is 25.3 Å². The Balaban J connectivity index is 2.03. The lowest BCUT2D eigenvalue weighted by Crippen LogP contribution is -2.45. The largest absolute Gasteiger partial charge is 0.349 e. The number of hydrogen-bond donors (Lipinski definition) is 2. The highest BCUT2D eigenvalue weighted by molar-refractivity contribution is 14.1. The molecule has 0 amide bonds. The summed E-state index contributed by atoms with van der Waals surface area (Å²) in [6.45, 7) is 4.36. The molecule has 1 aliphatic rings. The third kappa shape index (κ3) is 3.01. The van der Waals surface area contributed by atoms with E-state index in [1.54, 1.807) is 0 Å². The zero-order valence-corrected chi connectivity index (χ0v) is 10.9. The van der Waals surface area contributed by atoms with Gasteiger partial charge < -0.3 is 10.6 Å². The number of piperidine rings is 1. The smallest absolute Gasteiger partial charge is 0.223 e. The van der Waals surface area contributed by atoms with Gasteiger partial charge in [-0.3, -0.25) is 0 Å². The normalized spacial score (nSPS) is 19.9. The van der Waals surface area contributed by atoms with Crippen molar-refractivity contribution in [1.82, 2.24) is 15.3 Å². The van der Waals surface area contributed by atoms with E-state index in [9.17, 15) is 0 Å². The number of nitrogens with zero attached hydrogens (tertiary/aromatic N) is 2. The van der Waals surface area contributed by atoms with Gasteiger partial charge in [0, 0.05) is 21.5 Å². The number of halogens is 1. The van der Waals surface area contributed by atoms with Gasteiger partial charge in [0.2, 0.25) is 5.95 Å². The first-order valence-corrected chi connectivity index (χ1v) is 6.22. The summed E-state index contributed by atoms with van der Waals surface area (Å²) in [5.41, 5.74) is 0.137. The zero-order valence-electron chi connectivity index (χ0n) is 8.76. The summed E-state index contributed by atoms with van der Waals surface area (Å²) in [7, 11) is 0. The number of anilines is 1. The molecule has 0 atom stereocenters. The molecule has 0 saturated carbocycles. The fraction of sp³-hybridized carbons (Fsp3) is 0.600. The van der Waals surface area contributed by atoms with Crippen LogP contribution in [0.3, 0.4) is 0 Å². The first kappa shape index (κ1) is 11.1. The molecule has 2 rings (SSSR count). The number of aromatic nitrogens is 2. The summed E-state index contributed by atoms with van der Waals surface area (Å²) in [6.07, 6.45) is 5.89. The second-order valence-electron chi connectivity index (χ2n) is 4.16. The van der Waals surface area contributed by atoms with Gasteiger partial charge in [-0.1, -0.05) is 0 Å². The molecule has 0 unspecified atom stereocenters. The predicted octanol–water partition coefficient (Wildman–Crippen LogP) is 1.64. The Morgan fingerprint density at radius 2 is 1.93 bits per heavy atom. The van der Waals surface area contributed by atoms with Crippen LogP contribution in [0, 0.1) is 3.57 Å². The standard InChI is InChI=1S/C10H15IN4/c1-10(2-4-12-5-3-10)15-9-13-6-8(11)7-14-9/h6-7,12H,2-5H2,1H3,(H,13,14,15). The maximum atomic E-state index is 4.27. The van der Waals surface area contributed by atoms with Crippen LogP contribution in [-0.2, 0) is 0 Å². The molecule has 5 heteroatoms. The van der Waals surface area contributed by atoms with E-state index in [0.717, 1.165) is 35.4 Å². The van der Waals surface area contributed by atoms with E-state index in [0.29, 0.717) is 0 Å². The Morgan fingerprint density at radius 3 is 2.53 bits per heavy atom. The van der Waals surface area contributed by atoms with Crippen LogP contribution in [0.5, 0.6) is 0 Å². The zero-order chi connectivity index (χ0) is 10.7. The summed E-state index contributed by atoms with van der Waals surface area (Å²) >= 11 is 2.21. The minimum atomic E-state index is 0.137. The van der Waals surface area contributed by atoms with E-state index < -0.39 is 0 Å². The summed E-state index contributed by atoms with van der Waals surface area (Å²) in [5.74, 6) is 0.736. The van der Waals surface area contributed by atoms with Gasteiger partial charge in [-0.05, 0) is 55.4 Å². The lowest BCUT2D eigenvalue weighted by atomic mass is 9.91. The number of nitrogens with one attached hydrogen (secondary N) is 2. The van der Waals surface area contributed by atoms with Crippen molar-refractivity contribution >= 4 is 28.5 Å². The van der Waals surface area contributed by atoms with Crippen LogP contribution in [0.4, 0.5) is 5.95 Å². The average Bonchev–Trinajstić information content (AvgIpc) is 2.22. The van der Waals surface area contributed by atoms with Crippen molar-refractivity contribution in [2.24, 2.45) is 0 Å². The molecule has 0 aromatic carbocycles. The van der Waals surface area contributed by atoms with Crippen molar-refractivity contribution in [3.05, 3.63) is 16.0 Å². The molecule has 1 aromatic heterocycles. The van der Waals surface area contributed by atoms with Crippen molar-refractivity contribution in [3.8, 4) is 0 Å². The molecule has 2 N–H and O–H groups in total. The Bertz CT molecular complexity index is 319. The SMILES string of the molecule is CC1(Nc2ncc(I)cn2)CCNCC1. The van der Waals surface area contributed by atoms with Crippen LogP contribution in [0.15, 0.2) is 12.4 Å². The van der Waals surface area contributed by atoms with Gasteiger partial charge in [-0.15, -0.1) is 0 Å². The summed E-state index contributed by atoms with van der Waals surface area (Å²) < 4.78 is 1.06. The van der Waals surface area contributed by atoms with E-state index in [2.05, 4.69) is 50.1 Å². The minimum absolute atomic E-state index is 0.137. The topological polar surface area (TPSA) is 49.8 Å². The highest BCUT2D eigenvalue weighted by atomic mass is 127. The van der Waals surface area contributed by atoms with Crippen LogP contribution in [-0.4, -0.2) is 28.6 Å². The van der Waals surface area contributed by atoms with Crippen LogP contribution in [0.25, 0.3) is 0 Å². The molecule has 2 heterocycles. The van der Waals surface area contributed by atoms with Gasteiger partial charge in [0.05, 0.1) is 0 Å². The first-order chi connectivity index (χ1) is 7.18. The molecule has 1 aromatic rings. The predicted molar refractivity (Wildman–Crippen MR) is 68.9 cm³/mol. The maximum absolute atomic E-state index is 4.27. The van der Waals surface area contributed by atoms with Crippen molar-refractivity contribution in [1.29, 1.82) is 0 Å². The summed E-state index contributed by atoms with van der Waals surface area (Å²) in [4.78, 5) is 8.53. The molecule has 0 bridgehead atoms. The Labute approximate surface area is 103 Å². The third-order valence-electron chi connectivity index (χ3n) is 2.74. The molecule has 0 radical (unpaired) electrons. The van der Waals surface area contributed by atoms with Gasteiger partial charge >= 0.3 is 0 Å². The van der Waals surface area contributed by atoms with Crippen LogP contribution in [0.1, 0.15) is 19.8 Å². The second kappa shape index (κ2) is 4.61. The molecule has 4 nitrogen and oxygen atoms in total. The number of rotatable bonds is 2. The molecular weight excluding hydrogens is 303 g/mol. The van der Waals surface area contributed by atoms with Crippen molar-refractivity contribution in [2.75, 3.05) is 18.4 Å². The van der Waals surface area contributed by atoms with Crippen LogP contribution in [0.2, 0.25) is 0 Å². The van der Waals surface area contributed by atoms with E-state index in [1.165, 1.54) is 0 Å². The lowest BCUT2D eigenvalue weighted by molar-refractivity contribution is 0.363. The van der Waals surface area contributed by atoms with Crippen LogP contribution < -0.4 is 10.6 Å². The van der Waals surface area contributed by atoms with Gasteiger partial charge in [-0.25, -0.2) is 9.97 Å². The monoisotopic (exact) mass is 318 g/mol. The fourth-order valence-corrected chi connectivity index (χ4v) is 2.03. The molecular formula is C10H15IN4. The first-order valence-electron chi connectivity index (χ1n) is 5.14.